The molecular weight excluding hydrogens is 308 g/mol. The molecule has 0 radical (unpaired) electrons. The van der Waals surface area contributed by atoms with Crippen LogP contribution in [0.2, 0.25) is 0 Å². The van der Waals surface area contributed by atoms with E-state index in [1.165, 1.54) is 30.6 Å². The summed E-state index contributed by atoms with van der Waals surface area (Å²) in [4.78, 5) is 23.1. The van der Waals surface area contributed by atoms with E-state index in [9.17, 15) is 4.79 Å². The van der Waals surface area contributed by atoms with Gasteiger partial charge in [-0.05, 0) is 38.4 Å². The minimum Gasteiger partial charge on any atom is -0.349 e. The lowest BCUT2D eigenvalue weighted by Crippen LogP contribution is -2.42. The van der Waals surface area contributed by atoms with Gasteiger partial charge in [0.15, 0.2) is 0 Å². The van der Waals surface area contributed by atoms with Gasteiger partial charge in [0.2, 0.25) is 0 Å². The zero-order chi connectivity index (χ0) is 16.1. The van der Waals surface area contributed by atoms with Crippen molar-refractivity contribution in [3.05, 3.63) is 35.6 Å². The quantitative estimate of drug-likeness (QED) is 0.916. The van der Waals surface area contributed by atoms with E-state index < -0.39 is 0 Å². The molecule has 1 amide bonds. The number of nitrogens with zero attached hydrogens (tertiary/aromatic N) is 3. The molecule has 0 aromatic carbocycles. The van der Waals surface area contributed by atoms with Crippen LogP contribution in [0.5, 0.6) is 0 Å². The maximum atomic E-state index is 12.2. The molecule has 1 fully saturated rings. The van der Waals surface area contributed by atoms with E-state index in [-0.39, 0.29) is 5.91 Å². The number of thiazole rings is 1. The third kappa shape index (κ3) is 4.14. The number of carbonyl (C=O) groups excluding carboxylic acids is 1. The Bertz CT molecular complexity index is 643. The molecular formula is C17H22N4OS. The third-order valence-electron chi connectivity index (χ3n) is 4.29. The Kier molecular flexibility index (Phi) is 5.35. The SMILES string of the molecule is CC1CCCCN1CCNC(=O)c1csc(-c2ccncc2)n1. The van der Waals surface area contributed by atoms with Gasteiger partial charge in [0.1, 0.15) is 10.7 Å². The largest absolute Gasteiger partial charge is 0.349 e. The van der Waals surface area contributed by atoms with Gasteiger partial charge in [-0.15, -0.1) is 11.3 Å². The van der Waals surface area contributed by atoms with Crippen molar-refractivity contribution in [2.75, 3.05) is 19.6 Å². The second-order valence-electron chi connectivity index (χ2n) is 5.91. The molecule has 0 saturated carbocycles. The predicted molar refractivity (Wildman–Crippen MR) is 92.6 cm³/mol. The van der Waals surface area contributed by atoms with Crippen LogP contribution in [0.3, 0.4) is 0 Å². The molecule has 1 N–H and O–H groups in total. The number of aromatic nitrogens is 2. The Balaban J connectivity index is 1.52. The van der Waals surface area contributed by atoms with Crippen molar-refractivity contribution in [1.29, 1.82) is 0 Å². The maximum Gasteiger partial charge on any atom is 0.270 e. The number of carbonyl (C=O) groups is 1. The van der Waals surface area contributed by atoms with Crippen LogP contribution in [0.1, 0.15) is 36.7 Å². The molecule has 3 heterocycles. The molecule has 1 aliphatic rings. The first-order chi connectivity index (χ1) is 11.2. The first kappa shape index (κ1) is 16.1. The van der Waals surface area contributed by atoms with Crippen LogP contribution in [-0.4, -0.2) is 46.5 Å². The summed E-state index contributed by atoms with van der Waals surface area (Å²) < 4.78 is 0. The molecule has 0 aliphatic carbocycles. The van der Waals surface area contributed by atoms with E-state index in [1.807, 2.05) is 17.5 Å². The summed E-state index contributed by atoms with van der Waals surface area (Å²) in [6.07, 6.45) is 7.31. The molecule has 2 aromatic rings. The average molecular weight is 330 g/mol. The van der Waals surface area contributed by atoms with Gasteiger partial charge in [-0.25, -0.2) is 4.98 Å². The molecule has 2 aromatic heterocycles. The van der Waals surface area contributed by atoms with Gasteiger partial charge in [0.05, 0.1) is 0 Å². The predicted octanol–water partition coefficient (Wildman–Crippen LogP) is 2.81. The van der Waals surface area contributed by atoms with Gasteiger partial charge in [-0.1, -0.05) is 6.42 Å². The lowest BCUT2D eigenvalue weighted by molar-refractivity contribution is 0.0934. The molecule has 0 bridgehead atoms. The minimum atomic E-state index is -0.0915. The van der Waals surface area contributed by atoms with Crippen LogP contribution >= 0.6 is 11.3 Å². The number of hydrogen-bond acceptors (Lipinski definition) is 5. The lowest BCUT2D eigenvalue weighted by atomic mass is 10.0. The van der Waals surface area contributed by atoms with Gasteiger partial charge >= 0.3 is 0 Å². The molecule has 3 rings (SSSR count). The van der Waals surface area contributed by atoms with Crippen molar-refractivity contribution < 1.29 is 4.79 Å². The third-order valence-corrected chi connectivity index (χ3v) is 5.18. The summed E-state index contributed by atoms with van der Waals surface area (Å²) in [7, 11) is 0. The lowest BCUT2D eigenvalue weighted by Gasteiger charge is -2.33. The normalized spacial score (nSPS) is 18.7. The summed E-state index contributed by atoms with van der Waals surface area (Å²) in [5.41, 5.74) is 1.49. The van der Waals surface area contributed by atoms with E-state index in [0.29, 0.717) is 18.3 Å². The Morgan fingerprint density at radius 3 is 3.00 bits per heavy atom. The fraction of sp³-hybridized carbons (Fsp3) is 0.471. The van der Waals surface area contributed by atoms with E-state index in [0.717, 1.165) is 23.7 Å². The van der Waals surface area contributed by atoms with E-state index in [4.69, 9.17) is 0 Å². The van der Waals surface area contributed by atoms with Gasteiger partial charge in [-0.2, -0.15) is 0 Å². The highest BCUT2D eigenvalue weighted by Gasteiger charge is 2.18. The first-order valence-corrected chi connectivity index (χ1v) is 9.00. The van der Waals surface area contributed by atoms with Crippen LogP contribution in [0, 0.1) is 0 Å². The highest BCUT2D eigenvalue weighted by molar-refractivity contribution is 7.13. The van der Waals surface area contributed by atoms with E-state index in [1.54, 1.807) is 12.4 Å². The van der Waals surface area contributed by atoms with Crippen LogP contribution in [-0.2, 0) is 0 Å². The van der Waals surface area contributed by atoms with Crippen LogP contribution in [0.25, 0.3) is 10.6 Å². The second-order valence-corrected chi connectivity index (χ2v) is 6.77. The van der Waals surface area contributed by atoms with E-state index in [2.05, 4.69) is 27.1 Å². The molecule has 6 heteroatoms. The van der Waals surface area contributed by atoms with Crippen molar-refractivity contribution in [2.45, 2.75) is 32.2 Å². The van der Waals surface area contributed by atoms with Crippen molar-refractivity contribution in [1.82, 2.24) is 20.2 Å². The number of piperidine rings is 1. The standard InChI is InChI=1S/C17H22N4OS/c1-13-4-2-3-10-21(13)11-9-19-16(22)15-12-23-17(20-15)14-5-7-18-8-6-14/h5-8,12-13H,2-4,9-11H2,1H3,(H,19,22). The molecule has 0 spiro atoms. The highest BCUT2D eigenvalue weighted by atomic mass is 32.1. The van der Waals surface area contributed by atoms with Crippen LogP contribution in [0.4, 0.5) is 0 Å². The first-order valence-electron chi connectivity index (χ1n) is 8.12. The summed E-state index contributed by atoms with van der Waals surface area (Å²) >= 11 is 1.48. The molecule has 5 nitrogen and oxygen atoms in total. The smallest absolute Gasteiger partial charge is 0.270 e. The molecule has 1 aliphatic heterocycles. The molecule has 122 valence electrons. The van der Waals surface area contributed by atoms with Gasteiger partial charge in [-0.3, -0.25) is 14.7 Å². The second kappa shape index (κ2) is 7.66. The maximum absolute atomic E-state index is 12.2. The van der Waals surface area contributed by atoms with Crippen molar-refractivity contribution in [3.63, 3.8) is 0 Å². The highest BCUT2D eigenvalue weighted by Crippen LogP contribution is 2.22. The number of hydrogen-bond donors (Lipinski definition) is 1. The monoisotopic (exact) mass is 330 g/mol. The van der Waals surface area contributed by atoms with Crippen molar-refractivity contribution >= 4 is 17.2 Å². The Hall–Kier alpha value is -1.79. The zero-order valence-corrected chi connectivity index (χ0v) is 14.2. The van der Waals surface area contributed by atoms with Gasteiger partial charge in [0.25, 0.3) is 5.91 Å². The molecule has 1 saturated heterocycles. The summed E-state index contributed by atoms with van der Waals surface area (Å²) in [6, 6.07) is 4.43. The number of amides is 1. The molecule has 1 unspecified atom stereocenters. The Labute approximate surface area is 140 Å². The fourth-order valence-corrected chi connectivity index (χ4v) is 3.70. The average Bonchev–Trinajstić information content (AvgIpc) is 3.07. The Morgan fingerprint density at radius 1 is 1.39 bits per heavy atom. The van der Waals surface area contributed by atoms with Crippen LogP contribution < -0.4 is 5.32 Å². The Morgan fingerprint density at radius 2 is 2.22 bits per heavy atom. The number of nitrogens with one attached hydrogen (secondary N) is 1. The number of rotatable bonds is 5. The number of pyridine rings is 1. The number of likely N-dealkylation sites (tertiary alicyclic amines) is 1. The van der Waals surface area contributed by atoms with E-state index >= 15 is 0 Å². The van der Waals surface area contributed by atoms with Gasteiger partial charge in [0, 0.05) is 42.5 Å². The summed E-state index contributed by atoms with van der Waals surface area (Å²) in [6.45, 7) is 4.99. The topological polar surface area (TPSA) is 58.1 Å². The molecule has 23 heavy (non-hydrogen) atoms. The minimum absolute atomic E-state index is 0.0915. The van der Waals surface area contributed by atoms with Crippen molar-refractivity contribution in [3.8, 4) is 10.6 Å². The molecule has 1 atom stereocenters. The van der Waals surface area contributed by atoms with Crippen LogP contribution in [0.15, 0.2) is 29.9 Å². The summed E-state index contributed by atoms with van der Waals surface area (Å²) in [5, 5.41) is 5.65. The summed E-state index contributed by atoms with van der Waals surface area (Å²) in [5.74, 6) is -0.0915. The van der Waals surface area contributed by atoms with Gasteiger partial charge < -0.3 is 5.32 Å². The van der Waals surface area contributed by atoms with Crippen molar-refractivity contribution in [2.24, 2.45) is 0 Å². The fourth-order valence-electron chi connectivity index (χ4n) is 2.90. The zero-order valence-electron chi connectivity index (χ0n) is 13.4.